The second-order valence-corrected chi connectivity index (χ2v) is 3.86. The predicted octanol–water partition coefficient (Wildman–Crippen LogP) is 1.74. The van der Waals surface area contributed by atoms with E-state index in [-0.39, 0.29) is 11.5 Å². The number of aromatic nitrogens is 2. The molecule has 0 saturated carbocycles. The van der Waals surface area contributed by atoms with Gasteiger partial charge in [-0.1, -0.05) is 0 Å². The van der Waals surface area contributed by atoms with Gasteiger partial charge in [-0.3, -0.25) is 14.8 Å². The zero-order chi connectivity index (χ0) is 13.8. The third-order valence-electron chi connectivity index (χ3n) is 2.49. The highest BCUT2D eigenvalue weighted by Crippen LogP contribution is 2.11. The first-order chi connectivity index (χ1) is 9.08. The van der Waals surface area contributed by atoms with Gasteiger partial charge >= 0.3 is 5.97 Å². The number of nitrogens with zero attached hydrogens (tertiary/aromatic N) is 2. The number of nitrogens with one attached hydrogen (secondary N) is 1. The average molecular weight is 257 g/mol. The number of carboxylic acid groups (broad SMARTS) is 1. The molecule has 0 aromatic carbocycles. The molecule has 0 aliphatic heterocycles. The largest absolute Gasteiger partial charge is 0.478 e. The molecule has 0 aliphatic carbocycles. The van der Waals surface area contributed by atoms with Gasteiger partial charge in [0.15, 0.2) is 0 Å². The second-order valence-electron chi connectivity index (χ2n) is 3.86. The van der Waals surface area contributed by atoms with Crippen molar-refractivity contribution in [2.24, 2.45) is 0 Å². The van der Waals surface area contributed by atoms with Crippen LogP contribution in [0.4, 0.5) is 5.69 Å². The van der Waals surface area contributed by atoms with Crippen LogP contribution >= 0.6 is 0 Å². The van der Waals surface area contributed by atoms with E-state index in [9.17, 15) is 9.59 Å². The Bertz CT molecular complexity index is 641. The fourth-order valence-corrected chi connectivity index (χ4v) is 1.55. The molecule has 0 radical (unpaired) electrons. The SMILES string of the molecule is Cc1ncccc1C(=O)Nc1cncc(C(=O)O)c1. The van der Waals surface area contributed by atoms with Crippen molar-refractivity contribution in [1.82, 2.24) is 9.97 Å². The molecule has 19 heavy (non-hydrogen) atoms. The molecule has 0 bridgehead atoms. The van der Waals surface area contributed by atoms with Crippen LogP contribution in [0.1, 0.15) is 26.4 Å². The number of anilines is 1. The zero-order valence-electron chi connectivity index (χ0n) is 10.1. The molecular formula is C13H11N3O3. The van der Waals surface area contributed by atoms with Gasteiger partial charge in [0.2, 0.25) is 0 Å². The van der Waals surface area contributed by atoms with Gasteiger partial charge in [-0.15, -0.1) is 0 Å². The van der Waals surface area contributed by atoms with Crippen LogP contribution in [0.2, 0.25) is 0 Å². The molecular weight excluding hydrogens is 246 g/mol. The number of hydrogen-bond donors (Lipinski definition) is 2. The third kappa shape index (κ3) is 2.92. The Kier molecular flexibility index (Phi) is 3.51. The zero-order valence-corrected chi connectivity index (χ0v) is 10.1. The van der Waals surface area contributed by atoms with Crippen molar-refractivity contribution < 1.29 is 14.7 Å². The van der Waals surface area contributed by atoms with Crippen LogP contribution in [0.15, 0.2) is 36.8 Å². The van der Waals surface area contributed by atoms with E-state index in [1.165, 1.54) is 18.5 Å². The molecule has 0 aliphatic rings. The molecule has 2 aromatic heterocycles. The highest BCUT2D eigenvalue weighted by Gasteiger charge is 2.11. The number of carbonyl (C=O) groups is 2. The van der Waals surface area contributed by atoms with Crippen molar-refractivity contribution in [1.29, 1.82) is 0 Å². The van der Waals surface area contributed by atoms with E-state index in [1.807, 2.05) is 0 Å². The summed E-state index contributed by atoms with van der Waals surface area (Å²) in [5.74, 6) is -1.45. The van der Waals surface area contributed by atoms with Crippen molar-refractivity contribution in [3.63, 3.8) is 0 Å². The van der Waals surface area contributed by atoms with Gasteiger partial charge in [-0.05, 0) is 25.1 Å². The van der Waals surface area contributed by atoms with Crippen LogP contribution < -0.4 is 5.32 Å². The number of carboxylic acids is 1. The Hall–Kier alpha value is -2.76. The molecule has 1 amide bonds. The summed E-state index contributed by atoms with van der Waals surface area (Å²) in [4.78, 5) is 30.6. The number of aryl methyl sites for hydroxylation is 1. The topological polar surface area (TPSA) is 92.2 Å². The molecule has 6 nitrogen and oxygen atoms in total. The summed E-state index contributed by atoms with van der Waals surface area (Å²) in [5, 5.41) is 11.4. The molecule has 0 spiro atoms. The molecule has 0 unspecified atom stereocenters. The van der Waals surface area contributed by atoms with Gasteiger partial charge in [0, 0.05) is 18.1 Å². The van der Waals surface area contributed by atoms with Crippen LogP contribution in [0.5, 0.6) is 0 Å². The molecule has 2 N–H and O–H groups in total. The lowest BCUT2D eigenvalue weighted by Crippen LogP contribution is -2.14. The van der Waals surface area contributed by atoms with Crippen molar-refractivity contribution >= 4 is 17.6 Å². The normalized spacial score (nSPS) is 9.95. The standard InChI is InChI=1S/C13H11N3O3/c1-8-11(3-2-4-15-8)12(17)16-10-5-9(13(18)19)6-14-7-10/h2-7H,1H3,(H,16,17)(H,18,19). The van der Waals surface area contributed by atoms with E-state index in [0.717, 1.165) is 0 Å². The number of amides is 1. The average Bonchev–Trinajstić information content (AvgIpc) is 2.39. The van der Waals surface area contributed by atoms with Gasteiger partial charge in [0.05, 0.1) is 23.0 Å². The summed E-state index contributed by atoms with van der Waals surface area (Å²) in [7, 11) is 0. The van der Waals surface area contributed by atoms with Gasteiger partial charge in [0.25, 0.3) is 5.91 Å². The van der Waals surface area contributed by atoms with E-state index in [4.69, 9.17) is 5.11 Å². The Labute approximate surface area is 109 Å². The van der Waals surface area contributed by atoms with Crippen LogP contribution in [-0.2, 0) is 0 Å². The Morgan fingerprint density at radius 1 is 1.32 bits per heavy atom. The Morgan fingerprint density at radius 2 is 2.11 bits per heavy atom. The van der Waals surface area contributed by atoms with E-state index in [2.05, 4.69) is 15.3 Å². The highest BCUT2D eigenvalue weighted by atomic mass is 16.4. The fraction of sp³-hybridized carbons (Fsp3) is 0.0769. The van der Waals surface area contributed by atoms with Gasteiger partial charge < -0.3 is 10.4 Å². The maximum absolute atomic E-state index is 12.0. The van der Waals surface area contributed by atoms with Crippen LogP contribution in [0.3, 0.4) is 0 Å². The number of carbonyl (C=O) groups excluding carboxylic acids is 1. The number of aromatic carboxylic acids is 1. The lowest BCUT2D eigenvalue weighted by atomic mass is 10.2. The molecule has 2 rings (SSSR count). The second kappa shape index (κ2) is 5.26. The maximum atomic E-state index is 12.0. The van der Waals surface area contributed by atoms with Gasteiger partial charge in [0.1, 0.15) is 0 Å². The first-order valence-corrected chi connectivity index (χ1v) is 5.49. The van der Waals surface area contributed by atoms with Crippen LogP contribution in [0, 0.1) is 6.92 Å². The summed E-state index contributed by atoms with van der Waals surface area (Å²) in [6.07, 6.45) is 4.20. The smallest absolute Gasteiger partial charge is 0.337 e. The van der Waals surface area contributed by atoms with Gasteiger partial charge in [-0.2, -0.15) is 0 Å². The number of hydrogen-bond acceptors (Lipinski definition) is 4. The lowest BCUT2D eigenvalue weighted by Gasteiger charge is -2.07. The molecule has 96 valence electrons. The van der Waals surface area contributed by atoms with Crippen molar-refractivity contribution in [2.45, 2.75) is 6.92 Å². The fourth-order valence-electron chi connectivity index (χ4n) is 1.55. The molecule has 2 aromatic rings. The minimum absolute atomic E-state index is 0.0145. The Balaban J connectivity index is 2.22. The quantitative estimate of drug-likeness (QED) is 0.873. The van der Waals surface area contributed by atoms with Crippen LogP contribution in [0.25, 0.3) is 0 Å². The highest BCUT2D eigenvalue weighted by molar-refractivity contribution is 6.05. The summed E-state index contributed by atoms with van der Waals surface area (Å²) >= 11 is 0. The summed E-state index contributed by atoms with van der Waals surface area (Å²) in [6.45, 7) is 1.72. The van der Waals surface area contributed by atoms with Crippen LogP contribution in [-0.4, -0.2) is 27.0 Å². The van der Waals surface area contributed by atoms with Crippen molar-refractivity contribution in [2.75, 3.05) is 5.32 Å². The first-order valence-electron chi connectivity index (χ1n) is 5.49. The van der Waals surface area contributed by atoms with Crippen molar-refractivity contribution in [3.8, 4) is 0 Å². The third-order valence-corrected chi connectivity index (χ3v) is 2.49. The lowest BCUT2D eigenvalue weighted by molar-refractivity contribution is 0.0696. The molecule has 0 fully saturated rings. The summed E-state index contributed by atoms with van der Waals surface area (Å²) in [5.41, 5.74) is 1.37. The van der Waals surface area contributed by atoms with E-state index in [1.54, 1.807) is 25.3 Å². The minimum Gasteiger partial charge on any atom is -0.478 e. The summed E-state index contributed by atoms with van der Waals surface area (Å²) < 4.78 is 0. The monoisotopic (exact) mass is 257 g/mol. The molecule has 0 atom stereocenters. The molecule has 2 heterocycles. The molecule has 6 heteroatoms. The maximum Gasteiger partial charge on any atom is 0.337 e. The number of rotatable bonds is 3. The van der Waals surface area contributed by atoms with E-state index < -0.39 is 5.97 Å². The Morgan fingerprint density at radius 3 is 2.79 bits per heavy atom. The molecule has 0 saturated heterocycles. The first kappa shape index (κ1) is 12.7. The van der Waals surface area contributed by atoms with E-state index >= 15 is 0 Å². The van der Waals surface area contributed by atoms with Crippen molar-refractivity contribution in [3.05, 3.63) is 53.6 Å². The summed E-state index contributed by atoms with van der Waals surface area (Å²) in [6, 6.07) is 4.65. The van der Waals surface area contributed by atoms with Gasteiger partial charge in [-0.25, -0.2) is 4.79 Å². The minimum atomic E-state index is -1.10. The predicted molar refractivity (Wildman–Crippen MR) is 68.1 cm³/mol. The number of pyridine rings is 2. The van der Waals surface area contributed by atoms with E-state index in [0.29, 0.717) is 16.9 Å².